The Morgan fingerprint density at radius 3 is 2.60 bits per heavy atom. The molecule has 1 aromatic heterocycles. The zero-order valence-corrected chi connectivity index (χ0v) is 10.4. The minimum Gasteiger partial charge on any atom is -0.475 e. The van der Waals surface area contributed by atoms with Gasteiger partial charge in [0.2, 0.25) is 11.7 Å². The van der Waals surface area contributed by atoms with Gasteiger partial charge in [-0.1, -0.05) is 18.2 Å². The van der Waals surface area contributed by atoms with Gasteiger partial charge in [0.15, 0.2) is 0 Å². The van der Waals surface area contributed by atoms with Crippen molar-refractivity contribution in [1.29, 1.82) is 0 Å². The van der Waals surface area contributed by atoms with Gasteiger partial charge < -0.3 is 14.8 Å². The Kier molecular flexibility index (Phi) is 4.14. The van der Waals surface area contributed by atoms with Crippen molar-refractivity contribution < 1.29 is 23.5 Å². The summed E-state index contributed by atoms with van der Waals surface area (Å²) in [6.45, 7) is 0.0561. The maximum Gasteiger partial charge on any atom is 0.371 e. The molecule has 0 aliphatic heterocycles. The number of rotatable bonds is 5. The molecule has 0 unspecified atom stereocenters. The first-order valence-electron chi connectivity index (χ1n) is 5.88. The van der Waals surface area contributed by atoms with Crippen LogP contribution in [0.2, 0.25) is 0 Å². The van der Waals surface area contributed by atoms with Gasteiger partial charge in [0.05, 0.1) is 13.0 Å². The van der Waals surface area contributed by atoms with Gasteiger partial charge in [0.1, 0.15) is 11.6 Å². The number of benzene rings is 1. The van der Waals surface area contributed by atoms with E-state index in [1.165, 1.54) is 24.3 Å². The van der Waals surface area contributed by atoms with Gasteiger partial charge in [-0.15, -0.1) is 0 Å². The van der Waals surface area contributed by atoms with E-state index < -0.39 is 11.8 Å². The summed E-state index contributed by atoms with van der Waals surface area (Å²) in [7, 11) is 0. The highest BCUT2D eigenvalue weighted by atomic mass is 19.1. The van der Waals surface area contributed by atoms with Crippen LogP contribution in [0, 0.1) is 5.82 Å². The molecular weight excluding hydrogens is 265 g/mol. The molecular formula is C14H12FNO4. The minimum absolute atomic E-state index is 0.0561. The van der Waals surface area contributed by atoms with Gasteiger partial charge in [-0.25, -0.2) is 9.18 Å². The molecule has 1 aromatic carbocycles. The first kappa shape index (κ1) is 13.8. The van der Waals surface area contributed by atoms with E-state index >= 15 is 0 Å². The van der Waals surface area contributed by atoms with Crippen LogP contribution in [-0.2, 0) is 17.8 Å². The van der Waals surface area contributed by atoms with Crippen LogP contribution in [0.3, 0.4) is 0 Å². The third kappa shape index (κ3) is 3.44. The molecule has 2 rings (SSSR count). The summed E-state index contributed by atoms with van der Waals surface area (Å²) in [5.74, 6) is -1.85. The summed E-state index contributed by atoms with van der Waals surface area (Å²) in [6.07, 6.45) is -0.0842. The van der Waals surface area contributed by atoms with E-state index in [1.807, 2.05) is 0 Å². The van der Waals surface area contributed by atoms with Crippen LogP contribution in [-0.4, -0.2) is 17.0 Å². The Balaban J connectivity index is 1.89. The first-order valence-corrected chi connectivity index (χ1v) is 5.88. The molecule has 104 valence electrons. The topological polar surface area (TPSA) is 79.5 Å². The van der Waals surface area contributed by atoms with E-state index in [0.29, 0.717) is 11.3 Å². The molecule has 6 heteroatoms. The summed E-state index contributed by atoms with van der Waals surface area (Å²) in [5, 5.41) is 11.2. The molecule has 0 spiro atoms. The Hall–Kier alpha value is -2.63. The van der Waals surface area contributed by atoms with Crippen LogP contribution in [0.25, 0.3) is 0 Å². The fourth-order valence-corrected chi connectivity index (χ4v) is 1.65. The van der Waals surface area contributed by atoms with Crippen molar-refractivity contribution in [3.8, 4) is 0 Å². The zero-order valence-electron chi connectivity index (χ0n) is 10.4. The van der Waals surface area contributed by atoms with Gasteiger partial charge in [-0.2, -0.15) is 0 Å². The number of carboxylic acid groups (broad SMARTS) is 1. The standard InChI is InChI=1S/C14H12FNO4/c15-11-4-2-1-3-9(11)7-13(17)16-8-10-5-6-12(20-10)14(18)19/h1-6H,7-8H2,(H,16,17)(H,18,19). The van der Waals surface area contributed by atoms with Crippen molar-refractivity contribution in [3.63, 3.8) is 0 Å². The first-order chi connectivity index (χ1) is 9.56. The monoisotopic (exact) mass is 277 g/mol. The average molecular weight is 277 g/mol. The average Bonchev–Trinajstić information content (AvgIpc) is 2.88. The summed E-state index contributed by atoms with van der Waals surface area (Å²) in [5.41, 5.74) is 0.302. The number of hydrogen-bond acceptors (Lipinski definition) is 3. The number of amides is 1. The van der Waals surface area contributed by atoms with Crippen LogP contribution >= 0.6 is 0 Å². The SMILES string of the molecule is O=C(Cc1ccccc1F)NCc1ccc(C(=O)O)o1. The van der Waals surface area contributed by atoms with Crippen molar-refractivity contribution in [2.75, 3.05) is 0 Å². The number of carbonyl (C=O) groups is 2. The van der Waals surface area contributed by atoms with Crippen LogP contribution in [0.1, 0.15) is 21.9 Å². The maximum atomic E-state index is 13.3. The molecule has 0 bridgehead atoms. The second-order valence-electron chi connectivity index (χ2n) is 4.12. The normalized spacial score (nSPS) is 10.2. The highest BCUT2D eigenvalue weighted by Gasteiger charge is 2.11. The molecule has 20 heavy (non-hydrogen) atoms. The quantitative estimate of drug-likeness (QED) is 0.875. The Bertz CT molecular complexity index is 636. The lowest BCUT2D eigenvalue weighted by Gasteiger charge is -2.04. The Labute approximate surface area is 114 Å². The predicted octanol–water partition coefficient (Wildman–Crippen LogP) is 1.98. The van der Waals surface area contributed by atoms with Crippen molar-refractivity contribution >= 4 is 11.9 Å². The van der Waals surface area contributed by atoms with E-state index in [-0.39, 0.29) is 24.6 Å². The van der Waals surface area contributed by atoms with E-state index in [0.717, 1.165) is 0 Å². The third-order valence-corrected chi connectivity index (χ3v) is 2.64. The molecule has 0 radical (unpaired) electrons. The van der Waals surface area contributed by atoms with E-state index in [2.05, 4.69) is 5.32 Å². The smallest absolute Gasteiger partial charge is 0.371 e. The molecule has 0 saturated carbocycles. The van der Waals surface area contributed by atoms with Crippen LogP contribution < -0.4 is 5.32 Å². The molecule has 0 saturated heterocycles. The third-order valence-electron chi connectivity index (χ3n) is 2.64. The number of nitrogens with one attached hydrogen (secondary N) is 1. The summed E-state index contributed by atoms with van der Waals surface area (Å²) >= 11 is 0. The molecule has 0 atom stereocenters. The Morgan fingerprint density at radius 1 is 1.20 bits per heavy atom. The molecule has 5 nitrogen and oxygen atoms in total. The minimum atomic E-state index is -1.17. The zero-order chi connectivity index (χ0) is 14.5. The lowest BCUT2D eigenvalue weighted by Crippen LogP contribution is -2.24. The van der Waals surface area contributed by atoms with Gasteiger partial charge in [0, 0.05) is 0 Å². The van der Waals surface area contributed by atoms with Crippen LogP contribution in [0.15, 0.2) is 40.8 Å². The van der Waals surface area contributed by atoms with Gasteiger partial charge in [-0.05, 0) is 23.8 Å². The fraction of sp³-hybridized carbons (Fsp3) is 0.143. The number of furan rings is 1. The summed E-state index contributed by atoms with van der Waals surface area (Å²) in [6, 6.07) is 8.79. The summed E-state index contributed by atoms with van der Waals surface area (Å²) < 4.78 is 18.3. The van der Waals surface area contributed by atoms with Crippen molar-refractivity contribution in [1.82, 2.24) is 5.32 Å². The van der Waals surface area contributed by atoms with Crippen LogP contribution in [0.5, 0.6) is 0 Å². The molecule has 1 heterocycles. The molecule has 2 aromatic rings. The Morgan fingerprint density at radius 2 is 1.95 bits per heavy atom. The van der Waals surface area contributed by atoms with Crippen molar-refractivity contribution in [3.05, 3.63) is 59.3 Å². The number of halogens is 1. The van der Waals surface area contributed by atoms with Gasteiger partial charge in [-0.3, -0.25) is 4.79 Å². The molecule has 0 fully saturated rings. The summed E-state index contributed by atoms with van der Waals surface area (Å²) in [4.78, 5) is 22.3. The number of carbonyl (C=O) groups excluding carboxylic acids is 1. The lowest BCUT2D eigenvalue weighted by molar-refractivity contribution is -0.120. The van der Waals surface area contributed by atoms with Crippen LogP contribution in [0.4, 0.5) is 4.39 Å². The fourth-order valence-electron chi connectivity index (χ4n) is 1.65. The molecule has 0 aliphatic rings. The van der Waals surface area contributed by atoms with E-state index in [4.69, 9.17) is 9.52 Å². The lowest BCUT2D eigenvalue weighted by atomic mass is 10.1. The van der Waals surface area contributed by atoms with Gasteiger partial charge >= 0.3 is 5.97 Å². The van der Waals surface area contributed by atoms with E-state index in [1.54, 1.807) is 12.1 Å². The number of aromatic carboxylic acids is 1. The number of carboxylic acids is 1. The highest BCUT2D eigenvalue weighted by Crippen LogP contribution is 2.09. The van der Waals surface area contributed by atoms with Gasteiger partial charge in [0.25, 0.3) is 0 Å². The molecule has 0 aliphatic carbocycles. The number of hydrogen-bond donors (Lipinski definition) is 2. The second-order valence-corrected chi connectivity index (χ2v) is 4.12. The predicted molar refractivity (Wildman–Crippen MR) is 67.6 cm³/mol. The van der Waals surface area contributed by atoms with Crippen molar-refractivity contribution in [2.45, 2.75) is 13.0 Å². The largest absolute Gasteiger partial charge is 0.475 e. The molecule has 2 N–H and O–H groups in total. The molecule has 1 amide bonds. The van der Waals surface area contributed by atoms with Crippen molar-refractivity contribution in [2.24, 2.45) is 0 Å². The maximum absolute atomic E-state index is 13.3. The highest BCUT2D eigenvalue weighted by molar-refractivity contribution is 5.84. The second kappa shape index (κ2) is 6.01. The van der Waals surface area contributed by atoms with E-state index in [9.17, 15) is 14.0 Å².